The van der Waals surface area contributed by atoms with Gasteiger partial charge < -0.3 is 5.32 Å². The zero-order chi connectivity index (χ0) is 19.8. The number of fused-ring (bicyclic) bond motifs is 5. The minimum absolute atomic E-state index is 0.00245. The van der Waals surface area contributed by atoms with Crippen molar-refractivity contribution in [3.8, 4) is 0 Å². The van der Waals surface area contributed by atoms with Crippen molar-refractivity contribution >= 4 is 55.3 Å². The molecular weight excluding hydrogens is 488 g/mol. The molecule has 2 bridgehead atoms. The zero-order valence-electron chi connectivity index (χ0n) is 15.5. The number of carbonyl (C=O) groups is 3. The van der Waals surface area contributed by atoms with Crippen molar-refractivity contribution < 1.29 is 14.4 Å². The van der Waals surface area contributed by atoms with E-state index in [1.165, 1.54) is 4.90 Å². The van der Waals surface area contributed by atoms with Crippen LogP contribution in [0.1, 0.15) is 32.1 Å². The van der Waals surface area contributed by atoms with Crippen LogP contribution >= 0.6 is 31.9 Å². The van der Waals surface area contributed by atoms with E-state index in [9.17, 15) is 14.4 Å². The average Bonchev–Trinajstić information content (AvgIpc) is 3.28. The molecule has 3 amide bonds. The number of hydrogen-bond acceptors (Lipinski definition) is 3. The average molecular weight is 512 g/mol. The van der Waals surface area contributed by atoms with Crippen molar-refractivity contribution in [2.24, 2.45) is 23.7 Å². The van der Waals surface area contributed by atoms with Gasteiger partial charge in [0.15, 0.2) is 0 Å². The van der Waals surface area contributed by atoms with E-state index >= 15 is 0 Å². The Morgan fingerprint density at radius 3 is 2.18 bits per heavy atom. The molecule has 1 aromatic carbocycles. The molecule has 1 aliphatic heterocycles. The normalized spacial score (nSPS) is 33.4. The largest absolute Gasteiger partial charge is 0.326 e. The highest BCUT2D eigenvalue weighted by molar-refractivity contribution is 9.12. The van der Waals surface area contributed by atoms with Gasteiger partial charge in [-0.25, -0.2) is 0 Å². The van der Waals surface area contributed by atoms with Crippen LogP contribution in [0.5, 0.6) is 0 Å². The Kier molecular flexibility index (Phi) is 5.93. The Morgan fingerprint density at radius 1 is 0.964 bits per heavy atom. The van der Waals surface area contributed by atoms with E-state index in [1.807, 2.05) is 30.3 Å². The second-order valence-corrected chi connectivity index (χ2v) is 10.2. The molecule has 2 saturated carbocycles. The van der Waals surface area contributed by atoms with Crippen LogP contribution in [0.25, 0.3) is 0 Å². The van der Waals surface area contributed by atoms with Gasteiger partial charge in [-0.3, -0.25) is 19.3 Å². The summed E-state index contributed by atoms with van der Waals surface area (Å²) in [6, 6.07) is 9.41. The van der Waals surface area contributed by atoms with E-state index < -0.39 is 0 Å². The highest BCUT2D eigenvalue weighted by atomic mass is 79.9. The summed E-state index contributed by atoms with van der Waals surface area (Å²) < 4.78 is 0. The summed E-state index contributed by atoms with van der Waals surface area (Å²) in [4.78, 5) is 39.7. The van der Waals surface area contributed by atoms with Crippen molar-refractivity contribution in [2.75, 3.05) is 11.9 Å². The summed E-state index contributed by atoms with van der Waals surface area (Å²) in [5.41, 5.74) is 0.803. The van der Waals surface area contributed by atoms with Crippen LogP contribution < -0.4 is 5.32 Å². The molecule has 5 nitrogen and oxygen atoms in total. The number of rotatable bonds is 7. The summed E-state index contributed by atoms with van der Waals surface area (Å²) in [6.45, 7) is 0.477. The number of alkyl halides is 2. The number of halogens is 2. The lowest BCUT2D eigenvalue weighted by Gasteiger charge is -2.28. The van der Waals surface area contributed by atoms with Crippen LogP contribution in [0.2, 0.25) is 0 Å². The first-order chi connectivity index (χ1) is 13.5. The Balaban J connectivity index is 1.21. The molecule has 150 valence electrons. The van der Waals surface area contributed by atoms with E-state index in [1.54, 1.807) is 0 Å². The lowest BCUT2D eigenvalue weighted by atomic mass is 9.81. The fourth-order valence-electron chi connectivity index (χ4n) is 5.11. The number of benzene rings is 1. The number of carbonyl (C=O) groups excluding carboxylic acids is 3. The van der Waals surface area contributed by atoms with Gasteiger partial charge in [-0.2, -0.15) is 0 Å². The Labute approximate surface area is 181 Å². The first kappa shape index (κ1) is 20.1. The van der Waals surface area contributed by atoms with Gasteiger partial charge in [-0.1, -0.05) is 56.5 Å². The Morgan fingerprint density at radius 2 is 1.57 bits per heavy atom. The third kappa shape index (κ3) is 3.56. The standard InChI is InChI=1S/C21H24Br2N2O3/c22-18-13-11-14(19(18)23)17-16(13)20(27)25(21(17)28)10-6-2-5-9-15(26)24-12-7-3-1-4-8-12/h1,3-4,7-8,13-14,16-19H,2,5-6,9-11H2,(H,24,26). The molecule has 6 unspecified atom stereocenters. The number of amides is 3. The third-order valence-corrected chi connectivity index (χ3v) is 9.63. The quantitative estimate of drug-likeness (QED) is 0.342. The number of nitrogens with zero attached hydrogens (tertiary/aromatic N) is 1. The molecule has 3 fully saturated rings. The Hall–Kier alpha value is -1.21. The molecule has 6 atom stereocenters. The highest BCUT2D eigenvalue weighted by Crippen LogP contribution is 2.60. The molecule has 2 aliphatic carbocycles. The smallest absolute Gasteiger partial charge is 0.233 e. The SMILES string of the molecule is O=C(CCCCCN1C(=O)C2C3CC(C(Br)C3Br)C2C1=O)Nc1ccccc1. The summed E-state index contributed by atoms with van der Waals surface area (Å²) in [7, 11) is 0. The topological polar surface area (TPSA) is 66.5 Å². The number of likely N-dealkylation sites (tertiary alicyclic amines) is 1. The molecular formula is C21H24Br2N2O3. The van der Waals surface area contributed by atoms with E-state index in [-0.39, 0.29) is 51.0 Å². The molecule has 1 N–H and O–H groups in total. The molecule has 1 saturated heterocycles. The van der Waals surface area contributed by atoms with Crippen LogP contribution in [0, 0.1) is 23.7 Å². The van der Waals surface area contributed by atoms with Crippen molar-refractivity contribution in [1.82, 2.24) is 4.90 Å². The van der Waals surface area contributed by atoms with Crippen molar-refractivity contribution in [3.05, 3.63) is 30.3 Å². The molecule has 0 spiro atoms. The predicted octanol–water partition coefficient (Wildman–Crippen LogP) is 3.96. The van der Waals surface area contributed by atoms with Gasteiger partial charge in [0.1, 0.15) is 0 Å². The molecule has 1 heterocycles. The lowest BCUT2D eigenvalue weighted by Crippen LogP contribution is -2.37. The molecule has 4 rings (SSSR count). The predicted molar refractivity (Wildman–Crippen MR) is 114 cm³/mol. The van der Waals surface area contributed by atoms with Crippen molar-refractivity contribution in [2.45, 2.75) is 41.8 Å². The van der Waals surface area contributed by atoms with Crippen LogP contribution in [-0.4, -0.2) is 38.8 Å². The summed E-state index contributed by atoms with van der Waals surface area (Å²) >= 11 is 7.42. The van der Waals surface area contributed by atoms with Crippen LogP contribution in [0.15, 0.2) is 30.3 Å². The first-order valence-corrected chi connectivity index (χ1v) is 11.8. The van der Waals surface area contributed by atoms with Gasteiger partial charge in [-0.15, -0.1) is 0 Å². The molecule has 3 aliphatic rings. The second kappa shape index (κ2) is 8.27. The van der Waals surface area contributed by atoms with Gasteiger partial charge in [-0.05, 0) is 43.2 Å². The van der Waals surface area contributed by atoms with Crippen molar-refractivity contribution in [1.29, 1.82) is 0 Å². The highest BCUT2D eigenvalue weighted by Gasteiger charge is 2.66. The number of unbranched alkanes of at least 4 members (excludes halogenated alkanes) is 2. The third-order valence-electron chi connectivity index (χ3n) is 6.42. The van der Waals surface area contributed by atoms with Gasteiger partial charge in [0.05, 0.1) is 11.8 Å². The maximum absolute atomic E-state index is 12.8. The van der Waals surface area contributed by atoms with E-state index in [0.29, 0.717) is 13.0 Å². The number of nitrogens with one attached hydrogen (secondary N) is 1. The summed E-state index contributed by atoms with van der Waals surface area (Å²) in [5.74, 6) is 0.309. The van der Waals surface area contributed by atoms with E-state index in [2.05, 4.69) is 37.2 Å². The fourth-order valence-corrected chi connectivity index (χ4v) is 6.98. The molecule has 1 aromatic rings. The second-order valence-electron chi connectivity index (χ2n) is 8.06. The maximum atomic E-state index is 12.8. The van der Waals surface area contributed by atoms with Gasteiger partial charge in [0, 0.05) is 28.3 Å². The molecule has 28 heavy (non-hydrogen) atoms. The summed E-state index contributed by atoms with van der Waals surface area (Å²) in [5, 5.41) is 2.87. The Bertz CT molecular complexity index is 740. The molecule has 0 radical (unpaired) electrons. The van der Waals surface area contributed by atoms with Crippen LogP contribution in [0.4, 0.5) is 5.69 Å². The maximum Gasteiger partial charge on any atom is 0.233 e. The monoisotopic (exact) mass is 510 g/mol. The molecule has 7 heteroatoms. The van der Waals surface area contributed by atoms with E-state index in [4.69, 9.17) is 0 Å². The van der Waals surface area contributed by atoms with Crippen LogP contribution in [0.3, 0.4) is 0 Å². The summed E-state index contributed by atoms with van der Waals surface area (Å²) in [6.07, 6.45) is 3.73. The fraction of sp³-hybridized carbons (Fsp3) is 0.571. The zero-order valence-corrected chi connectivity index (χ0v) is 18.7. The number of imide groups is 1. The van der Waals surface area contributed by atoms with Crippen LogP contribution in [-0.2, 0) is 14.4 Å². The van der Waals surface area contributed by atoms with Gasteiger partial charge in [0.2, 0.25) is 17.7 Å². The lowest BCUT2D eigenvalue weighted by molar-refractivity contribution is -0.140. The van der Waals surface area contributed by atoms with Gasteiger partial charge in [0.25, 0.3) is 0 Å². The van der Waals surface area contributed by atoms with E-state index in [0.717, 1.165) is 31.4 Å². The number of anilines is 1. The number of para-hydroxylation sites is 1. The first-order valence-electron chi connectivity index (χ1n) is 9.97. The minimum Gasteiger partial charge on any atom is -0.326 e. The van der Waals surface area contributed by atoms with Crippen molar-refractivity contribution in [3.63, 3.8) is 0 Å². The number of hydrogen-bond donors (Lipinski definition) is 1. The molecule has 0 aromatic heterocycles. The minimum atomic E-state index is -0.132. The van der Waals surface area contributed by atoms with Gasteiger partial charge >= 0.3 is 0 Å².